The lowest BCUT2D eigenvalue weighted by Crippen LogP contribution is -2.12. The summed E-state index contributed by atoms with van der Waals surface area (Å²) in [5.41, 5.74) is 2.95. The van der Waals surface area contributed by atoms with Crippen molar-refractivity contribution in [2.24, 2.45) is 0 Å². The summed E-state index contributed by atoms with van der Waals surface area (Å²) in [7, 11) is 0. The molecule has 0 radical (unpaired) electrons. The van der Waals surface area contributed by atoms with Crippen LogP contribution < -0.4 is 0 Å². The monoisotopic (exact) mass is 350 g/mol. The minimum absolute atomic E-state index is 0.226. The van der Waals surface area contributed by atoms with E-state index in [9.17, 15) is 0 Å². The molecular weight excluding hydrogens is 328 g/mol. The van der Waals surface area contributed by atoms with Gasteiger partial charge in [-0.1, -0.05) is 6.08 Å². The molecule has 0 amide bonds. The molecule has 2 N–H and O–H groups in total. The smallest absolute Gasteiger partial charge is 0.140 e. The summed E-state index contributed by atoms with van der Waals surface area (Å²) in [5.74, 6) is 0. The predicted octanol–water partition coefficient (Wildman–Crippen LogP) is 2.31. The maximum absolute atomic E-state index is 9.12. The largest absolute Gasteiger partial charge is 0.394 e. The molecule has 0 spiro atoms. The fourth-order valence-corrected chi connectivity index (χ4v) is 2.08. The highest BCUT2D eigenvalue weighted by Gasteiger charge is 2.03. The SMILES string of the molecule is C=CCCc1ccnc(C#N)c1.N#Cc1cc(CCC(O)CO)ccn1. The van der Waals surface area contributed by atoms with E-state index in [1.54, 1.807) is 24.5 Å². The van der Waals surface area contributed by atoms with E-state index >= 15 is 0 Å². The highest BCUT2D eigenvalue weighted by molar-refractivity contribution is 5.26. The van der Waals surface area contributed by atoms with Gasteiger partial charge in [-0.15, -0.1) is 6.58 Å². The Morgan fingerprint density at radius 1 is 1.04 bits per heavy atom. The number of aromatic nitrogens is 2. The van der Waals surface area contributed by atoms with Crippen molar-refractivity contribution >= 4 is 0 Å². The molecule has 0 saturated heterocycles. The molecule has 0 aromatic carbocycles. The second-order valence-electron chi connectivity index (χ2n) is 5.52. The van der Waals surface area contributed by atoms with Gasteiger partial charge in [-0.2, -0.15) is 10.5 Å². The zero-order valence-corrected chi connectivity index (χ0v) is 14.5. The lowest BCUT2D eigenvalue weighted by molar-refractivity contribution is 0.0886. The number of hydrogen-bond donors (Lipinski definition) is 2. The minimum Gasteiger partial charge on any atom is -0.394 e. The van der Waals surface area contributed by atoms with Gasteiger partial charge in [0.15, 0.2) is 0 Å². The summed E-state index contributed by atoms with van der Waals surface area (Å²) in [6.45, 7) is 3.41. The first kappa shape index (κ1) is 21.0. The number of allylic oxidation sites excluding steroid dienone is 1. The van der Waals surface area contributed by atoms with Gasteiger partial charge in [-0.25, -0.2) is 9.97 Å². The quantitative estimate of drug-likeness (QED) is 0.741. The lowest BCUT2D eigenvalue weighted by atomic mass is 10.1. The molecule has 2 heterocycles. The van der Waals surface area contributed by atoms with Gasteiger partial charge in [-0.05, 0) is 61.1 Å². The van der Waals surface area contributed by atoms with E-state index < -0.39 is 6.10 Å². The third-order valence-electron chi connectivity index (χ3n) is 3.49. The van der Waals surface area contributed by atoms with E-state index in [0.717, 1.165) is 24.0 Å². The van der Waals surface area contributed by atoms with Gasteiger partial charge < -0.3 is 10.2 Å². The highest BCUT2D eigenvalue weighted by atomic mass is 16.3. The van der Waals surface area contributed by atoms with Crippen molar-refractivity contribution in [3.05, 3.63) is 71.8 Å². The topological polar surface area (TPSA) is 114 Å². The average molecular weight is 350 g/mol. The first-order chi connectivity index (χ1) is 12.6. The maximum Gasteiger partial charge on any atom is 0.140 e. The van der Waals surface area contributed by atoms with E-state index in [0.29, 0.717) is 24.2 Å². The summed E-state index contributed by atoms with van der Waals surface area (Å²) in [5, 5.41) is 34.9. The van der Waals surface area contributed by atoms with Crippen molar-refractivity contribution in [2.75, 3.05) is 6.61 Å². The standard InChI is InChI=1S/C10H12N2O2.C10H10N2/c11-6-9-5-8(3-4-12-9)1-2-10(14)7-13;1-2-3-4-9-5-6-12-10(7-9)8-11/h3-5,10,13-14H,1-2,7H2;2,5-7H,1,3-4H2. The predicted molar refractivity (Wildman–Crippen MR) is 97.8 cm³/mol. The van der Waals surface area contributed by atoms with Crippen LogP contribution in [0.3, 0.4) is 0 Å². The molecule has 26 heavy (non-hydrogen) atoms. The number of nitriles is 2. The lowest BCUT2D eigenvalue weighted by Gasteiger charge is -2.06. The van der Waals surface area contributed by atoms with Gasteiger partial charge in [0.1, 0.15) is 23.5 Å². The number of aliphatic hydroxyl groups excluding tert-OH is 2. The molecule has 0 aliphatic carbocycles. The molecule has 134 valence electrons. The molecule has 0 aliphatic rings. The summed E-state index contributed by atoms with van der Waals surface area (Å²) in [4.78, 5) is 7.71. The van der Waals surface area contributed by atoms with E-state index in [1.165, 1.54) is 0 Å². The molecule has 0 bridgehead atoms. The Hall–Kier alpha value is -3.06. The average Bonchev–Trinajstić information content (AvgIpc) is 2.71. The van der Waals surface area contributed by atoms with Gasteiger partial charge in [0.05, 0.1) is 12.7 Å². The summed E-state index contributed by atoms with van der Waals surface area (Å²) >= 11 is 0. The van der Waals surface area contributed by atoms with Gasteiger partial charge in [0.25, 0.3) is 0 Å². The van der Waals surface area contributed by atoms with Crippen LogP contribution in [-0.2, 0) is 12.8 Å². The zero-order valence-electron chi connectivity index (χ0n) is 14.5. The van der Waals surface area contributed by atoms with Crippen LogP contribution in [0.25, 0.3) is 0 Å². The molecule has 0 saturated carbocycles. The molecule has 1 unspecified atom stereocenters. The van der Waals surface area contributed by atoms with E-state index in [4.69, 9.17) is 20.7 Å². The maximum atomic E-state index is 9.12. The van der Waals surface area contributed by atoms with Crippen molar-refractivity contribution in [2.45, 2.75) is 31.8 Å². The second kappa shape index (κ2) is 12.3. The van der Waals surface area contributed by atoms with E-state index in [1.807, 2.05) is 30.3 Å². The molecule has 2 aromatic rings. The Balaban J connectivity index is 0.000000263. The van der Waals surface area contributed by atoms with Crippen LogP contribution in [0.1, 0.15) is 35.4 Å². The number of aryl methyl sites for hydroxylation is 2. The van der Waals surface area contributed by atoms with Crippen LogP contribution in [0.4, 0.5) is 0 Å². The van der Waals surface area contributed by atoms with Gasteiger partial charge in [-0.3, -0.25) is 0 Å². The van der Waals surface area contributed by atoms with E-state index in [2.05, 4.69) is 16.5 Å². The molecule has 2 rings (SSSR count). The van der Waals surface area contributed by atoms with E-state index in [-0.39, 0.29) is 6.61 Å². The Bertz CT molecular complexity index is 778. The van der Waals surface area contributed by atoms with Gasteiger partial charge in [0.2, 0.25) is 0 Å². The second-order valence-corrected chi connectivity index (χ2v) is 5.52. The first-order valence-corrected chi connectivity index (χ1v) is 8.22. The number of aliphatic hydroxyl groups is 2. The Labute approximate surface area is 153 Å². The molecule has 6 heteroatoms. The molecule has 0 fully saturated rings. The molecular formula is C20H22N4O2. The van der Waals surface area contributed by atoms with Crippen molar-refractivity contribution in [1.82, 2.24) is 9.97 Å². The third kappa shape index (κ3) is 8.16. The fourth-order valence-electron chi connectivity index (χ4n) is 2.08. The summed E-state index contributed by atoms with van der Waals surface area (Å²) < 4.78 is 0. The summed E-state index contributed by atoms with van der Waals surface area (Å²) in [6, 6.07) is 11.2. The van der Waals surface area contributed by atoms with Crippen LogP contribution >= 0.6 is 0 Å². The number of rotatable bonds is 7. The van der Waals surface area contributed by atoms with Crippen LogP contribution in [0.5, 0.6) is 0 Å². The van der Waals surface area contributed by atoms with Crippen molar-refractivity contribution < 1.29 is 10.2 Å². The normalized spacial score (nSPS) is 10.6. The van der Waals surface area contributed by atoms with Crippen LogP contribution in [0.15, 0.2) is 49.3 Å². The first-order valence-electron chi connectivity index (χ1n) is 8.22. The minimum atomic E-state index is -0.686. The number of nitrogens with zero attached hydrogens (tertiary/aromatic N) is 4. The number of hydrogen-bond acceptors (Lipinski definition) is 6. The third-order valence-corrected chi connectivity index (χ3v) is 3.49. The van der Waals surface area contributed by atoms with Gasteiger partial charge >= 0.3 is 0 Å². The van der Waals surface area contributed by atoms with Crippen molar-refractivity contribution in [3.8, 4) is 12.1 Å². The molecule has 1 atom stereocenters. The van der Waals surface area contributed by atoms with Crippen molar-refractivity contribution in [3.63, 3.8) is 0 Å². The highest BCUT2D eigenvalue weighted by Crippen LogP contribution is 2.06. The van der Waals surface area contributed by atoms with Crippen LogP contribution in [0.2, 0.25) is 0 Å². The summed E-state index contributed by atoms with van der Waals surface area (Å²) in [6.07, 6.45) is 7.41. The van der Waals surface area contributed by atoms with Gasteiger partial charge in [0, 0.05) is 12.4 Å². The zero-order chi connectivity index (χ0) is 19.2. The van der Waals surface area contributed by atoms with Crippen LogP contribution in [-0.4, -0.2) is 32.9 Å². The van der Waals surface area contributed by atoms with Crippen LogP contribution in [0, 0.1) is 22.7 Å². The molecule has 0 aliphatic heterocycles. The Morgan fingerprint density at radius 2 is 1.58 bits per heavy atom. The fraction of sp³-hybridized carbons (Fsp3) is 0.300. The van der Waals surface area contributed by atoms with Crippen molar-refractivity contribution in [1.29, 1.82) is 10.5 Å². The number of pyridine rings is 2. The molecule has 6 nitrogen and oxygen atoms in total. The Morgan fingerprint density at radius 3 is 2.04 bits per heavy atom. The Kier molecular flexibility index (Phi) is 9.95. The molecule has 2 aromatic heterocycles.